The molecule has 0 spiro atoms. The van der Waals surface area contributed by atoms with Crippen LogP contribution in [0.3, 0.4) is 0 Å². The molecule has 0 aromatic carbocycles. The summed E-state index contributed by atoms with van der Waals surface area (Å²) in [4.78, 5) is 13.8. The lowest BCUT2D eigenvalue weighted by atomic mass is 10.0. The minimum atomic E-state index is 0.139. The molecular formula is C12H23N3O. The third-order valence-corrected chi connectivity index (χ3v) is 3.55. The van der Waals surface area contributed by atoms with Crippen molar-refractivity contribution in [2.75, 3.05) is 26.2 Å². The molecule has 1 amide bonds. The maximum absolute atomic E-state index is 11.8. The van der Waals surface area contributed by atoms with Gasteiger partial charge >= 0.3 is 0 Å². The van der Waals surface area contributed by atoms with Crippen LogP contribution in [-0.2, 0) is 4.79 Å². The highest BCUT2D eigenvalue weighted by Crippen LogP contribution is 2.14. The molecule has 16 heavy (non-hydrogen) atoms. The summed E-state index contributed by atoms with van der Waals surface area (Å²) in [6.07, 6.45) is 2.21. The van der Waals surface area contributed by atoms with Crippen molar-refractivity contribution in [2.45, 2.75) is 38.8 Å². The number of nitrogens with zero attached hydrogens (tertiary/aromatic N) is 1. The van der Waals surface area contributed by atoms with Gasteiger partial charge in [0.15, 0.2) is 0 Å². The summed E-state index contributed by atoms with van der Waals surface area (Å²) in [5.74, 6) is 0.448. The summed E-state index contributed by atoms with van der Waals surface area (Å²) in [5.41, 5.74) is 0. The summed E-state index contributed by atoms with van der Waals surface area (Å²) < 4.78 is 0. The van der Waals surface area contributed by atoms with Crippen LogP contribution in [0.4, 0.5) is 0 Å². The van der Waals surface area contributed by atoms with Crippen LogP contribution in [-0.4, -0.2) is 49.1 Å². The maximum atomic E-state index is 11.8. The fourth-order valence-corrected chi connectivity index (χ4v) is 2.37. The number of piperidine rings is 1. The molecule has 2 N–H and O–H groups in total. The molecule has 2 aliphatic heterocycles. The van der Waals surface area contributed by atoms with E-state index in [1.165, 1.54) is 0 Å². The zero-order valence-electron chi connectivity index (χ0n) is 10.3. The van der Waals surface area contributed by atoms with Gasteiger partial charge in [-0.2, -0.15) is 0 Å². The van der Waals surface area contributed by atoms with Gasteiger partial charge in [-0.3, -0.25) is 4.79 Å². The maximum Gasteiger partial charge on any atom is 0.225 e. The lowest BCUT2D eigenvalue weighted by Gasteiger charge is -2.38. The molecule has 0 atom stereocenters. The first-order chi connectivity index (χ1) is 7.66. The van der Waals surface area contributed by atoms with E-state index in [4.69, 9.17) is 0 Å². The Balaban J connectivity index is 1.71. The fraction of sp³-hybridized carbons (Fsp3) is 0.917. The second-order valence-corrected chi connectivity index (χ2v) is 5.28. The van der Waals surface area contributed by atoms with E-state index in [9.17, 15) is 4.79 Å². The molecule has 0 aliphatic carbocycles. The topological polar surface area (TPSA) is 44.4 Å². The molecule has 92 valence electrons. The zero-order chi connectivity index (χ0) is 11.5. The van der Waals surface area contributed by atoms with Crippen LogP contribution in [0.25, 0.3) is 0 Å². The molecular weight excluding hydrogens is 202 g/mol. The fourth-order valence-electron chi connectivity index (χ4n) is 2.37. The molecule has 0 bridgehead atoms. The number of nitrogens with one attached hydrogen (secondary N) is 2. The third-order valence-electron chi connectivity index (χ3n) is 3.55. The predicted octanol–water partition coefficient (Wildman–Crippen LogP) is 0.195. The molecule has 2 heterocycles. The highest BCUT2D eigenvalue weighted by molar-refractivity contribution is 5.78. The van der Waals surface area contributed by atoms with Gasteiger partial charge in [0.2, 0.25) is 5.91 Å². The van der Waals surface area contributed by atoms with Crippen molar-refractivity contribution >= 4 is 5.91 Å². The first-order valence-electron chi connectivity index (χ1n) is 6.42. The Morgan fingerprint density at radius 1 is 1.25 bits per heavy atom. The van der Waals surface area contributed by atoms with Crippen LogP contribution in [0.1, 0.15) is 26.7 Å². The Labute approximate surface area is 97.8 Å². The second kappa shape index (κ2) is 5.15. The Morgan fingerprint density at radius 2 is 1.88 bits per heavy atom. The summed E-state index contributed by atoms with van der Waals surface area (Å²) >= 11 is 0. The minimum Gasteiger partial charge on any atom is -0.342 e. The highest BCUT2D eigenvalue weighted by Gasteiger charge is 2.26. The Hall–Kier alpha value is -0.610. The average molecular weight is 225 g/mol. The van der Waals surface area contributed by atoms with Crippen LogP contribution in [0.2, 0.25) is 0 Å². The van der Waals surface area contributed by atoms with Crippen LogP contribution in [0, 0.1) is 5.92 Å². The van der Waals surface area contributed by atoms with Gasteiger partial charge < -0.3 is 15.5 Å². The van der Waals surface area contributed by atoms with Gasteiger partial charge in [-0.25, -0.2) is 0 Å². The third kappa shape index (κ3) is 2.74. The molecule has 0 saturated carbocycles. The lowest BCUT2D eigenvalue weighted by Crippen LogP contribution is -2.59. The number of rotatable bonds is 3. The first-order valence-corrected chi connectivity index (χ1v) is 6.42. The summed E-state index contributed by atoms with van der Waals surface area (Å²) in [6.45, 7) is 8.01. The number of hydrogen-bond donors (Lipinski definition) is 2. The largest absolute Gasteiger partial charge is 0.342 e. The van der Waals surface area contributed by atoms with Crippen molar-refractivity contribution in [3.05, 3.63) is 0 Å². The van der Waals surface area contributed by atoms with E-state index in [0.29, 0.717) is 18.0 Å². The molecule has 4 heteroatoms. The van der Waals surface area contributed by atoms with E-state index < -0.39 is 0 Å². The molecule has 0 aromatic rings. The second-order valence-electron chi connectivity index (χ2n) is 5.28. The number of carbonyl (C=O) groups excluding carboxylic acids is 1. The summed E-state index contributed by atoms with van der Waals surface area (Å²) in [7, 11) is 0. The van der Waals surface area contributed by atoms with Crippen molar-refractivity contribution in [3.8, 4) is 0 Å². The molecule has 2 saturated heterocycles. The summed E-state index contributed by atoms with van der Waals surface area (Å²) in [6, 6.07) is 1.28. The van der Waals surface area contributed by atoms with Gasteiger partial charge in [-0.1, -0.05) is 13.8 Å². The van der Waals surface area contributed by atoms with Crippen molar-refractivity contribution in [3.63, 3.8) is 0 Å². The standard InChI is InChI=1S/C12H23N3O/c1-9(2)12(16)15-5-3-10(4-6-15)14-11-7-13-8-11/h9-11,13-14H,3-8H2,1-2H3. The van der Waals surface area contributed by atoms with Crippen molar-refractivity contribution in [1.82, 2.24) is 15.5 Å². The van der Waals surface area contributed by atoms with Crippen molar-refractivity contribution < 1.29 is 4.79 Å². The zero-order valence-corrected chi connectivity index (χ0v) is 10.3. The van der Waals surface area contributed by atoms with Gasteiger partial charge in [0, 0.05) is 44.2 Å². The molecule has 2 fully saturated rings. The van der Waals surface area contributed by atoms with Crippen LogP contribution >= 0.6 is 0 Å². The minimum absolute atomic E-state index is 0.139. The highest BCUT2D eigenvalue weighted by atomic mass is 16.2. The normalized spacial score (nSPS) is 23.6. The van der Waals surface area contributed by atoms with E-state index in [1.807, 2.05) is 18.7 Å². The molecule has 0 unspecified atom stereocenters. The van der Waals surface area contributed by atoms with Crippen molar-refractivity contribution in [2.24, 2.45) is 5.92 Å². The molecule has 0 aromatic heterocycles. The van der Waals surface area contributed by atoms with Crippen LogP contribution in [0.15, 0.2) is 0 Å². The number of hydrogen-bond acceptors (Lipinski definition) is 3. The Kier molecular flexibility index (Phi) is 3.82. The molecule has 2 aliphatic rings. The van der Waals surface area contributed by atoms with Gasteiger partial charge in [0.1, 0.15) is 0 Å². The lowest BCUT2D eigenvalue weighted by molar-refractivity contribution is -0.135. The van der Waals surface area contributed by atoms with E-state index in [0.717, 1.165) is 39.0 Å². The van der Waals surface area contributed by atoms with Gasteiger partial charge in [-0.05, 0) is 12.8 Å². The monoisotopic (exact) mass is 225 g/mol. The summed E-state index contributed by atoms with van der Waals surface area (Å²) in [5, 5.41) is 6.91. The number of carbonyl (C=O) groups is 1. The average Bonchev–Trinajstić information content (AvgIpc) is 2.23. The van der Waals surface area contributed by atoms with Gasteiger partial charge in [-0.15, -0.1) is 0 Å². The van der Waals surface area contributed by atoms with E-state index in [-0.39, 0.29) is 5.92 Å². The Morgan fingerprint density at radius 3 is 2.31 bits per heavy atom. The number of amides is 1. The first kappa shape index (κ1) is 11.9. The predicted molar refractivity (Wildman–Crippen MR) is 64.2 cm³/mol. The molecule has 0 radical (unpaired) electrons. The van der Waals surface area contributed by atoms with E-state index >= 15 is 0 Å². The SMILES string of the molecule is CC(C)C(=O)N1CCC(NC2CNC2)CC1. The van der Waals surface area contributed by atoms with Gasteiger partial charge in [0.25, 0.3) is 0 Å². The van der Waals surface area contributed by atoms with Crippen LogP contribution < -0.4 is 10.6 Å². The van der Waals surface area contributed by atoms with Gasteiger partial charge in [0.05, 0.1) is 0 Å². The quantitative estimate of drug-likeness (QED) is 0.721. The van der Waals surface area contributed by atoms with E-state index in [1.54, 1.807) is 0 Å². The van der Waals surface area contributed by atoms with Crippen LogP contribution in [0.5, 0.6) is 0 Å². The molecule has 2 rings (SSSR count). The Bertz CT molecular complexity index is 243. The smallest absolute Gasteiger partial charge is 0.225 e. The molecule has 4 nitrogen and oxygen atoms in total. The van der Waals surface area contributed by atoms with Crippen molar-refractivity contribution in [1.29, 1.82) is 0 Å². The van der Waals surface area contributed by atoms with E-state index in [2.05, 4.69) is 10.6 Å². The number of likely N-dealkylation sites (tertiary alicyclic amines) is 1.